The van der Waals surface area contributed by atoms with Gasteiger partial charge in [-0.1, -0.05) is 6.07 Å². The zero-order chi connectivity index (χ0) is 20.4. The minimum Gasteiger partial charge on any atom is -0.490 e. The Morgan fingerprint density at radius 3 is 2.59 bits per heavy atom. The standard InChI is InChI=1S/C21H23FN4O3/c1-14(2)29-18-5-3-4-17-19(18)20(23-21(27)25-10-12-28-13-11-25)24-26(17)16-8-6-15(22)7-9-16/h3-9,14H,10-13H2,1-2H3,(H,23,24,27). The van der Waals surface area contributed by atoms with Crippen LogP contribution in [0.1, 0.15) is 13.8 Å². The van der Waals surface area contributed by atoms with Crippen LogP contribution in [0.2, 0.25) is 0 Å². The van der Waals surface area contributed by atoms with Crippen LogP contribution in [0.25, 0.3) is 16.6 Å². The first-order valence-corrected chi connectivity index (χ1v) is 9.61. The molecule has 1 N–H and O–H groups in total. The molecule has 1 aromatic heterocycles. The summed E-state index contributed by atoms with van der Waals surface area (Å²) in [5, 5.41) is 8.23. The number of nitrogens with one attached hydrogen (secondary N) is 1. The molecule has 8 heteroatoms. The van der Waals surface area contributed by atoms with E-state index in [2.05, 4.69) is 10.4 Å². The third-order valence-electron chi connectivity index (χ3n) is 4.63. The van der Waals surface area contributed by atoms with Gasteiger partial charge in [0.05, 0.1) is 35.9 Å². The molecular weight excluding hydrogens is 375 g/mol. The van der Waals surface area contributed by atoms with Crippen molar-refractivity contribution in [1.29, 1.82) is 0 Å². The highest BCUT2D eigenvalue weighted by Crippen LogP contribution is 2.34. The Morgan fingerprint density at radius 2 is 1.90 bits per heavy atom. The summed E-state index contributed by atoms with van der Waals surface area (Å²) in [6.07, 6.45) is -0.0439. The number of ether oxygens (including phenoxy) is 2. The number of aromatic nitrogens is 2. The summed E-state index contributed by atoms with van der Waals surface area (Å²) < 4.78 is 26.3. The van der Waals surface area contributed by atoms with E-state index in [1.54, 1.807) is 21.7 Å². The van der Waals surface area contributed by atoms with Crippen molar-refractivity contribution in [1.82, 2.24) is 14.7 Å². The van der Waals surface area contributed by atoms with Gasteiger partial charge < -0.3 is 14.4 Å². The second kappa shape index (κ2) is 8.08. The van der Waals surface area contributed by atoms with Gasteiger partial charge in [-0.05, 0) is 50.2 Å². The van der Waals surface area contributed by atoms with Gasteiger partial charge in [-0.15, -0.1) is 5.10 Å². The SMILES string of the molecule is CC(C)Oc1cccc2c1c(NC(=O)N1CCOCC1)nn2-c1ccc(F)cc1. The first-order chi connectivity index (χ1) is 14.0. The molecule has 0 aliphatic carbocycles. The molecule has 0 radical (unpaired) electrons. The summed E-state index contributed by atoms with van der Waals surface area (Å²) in [5.41, 5.74) is 1.44. The van der Waals surface area contributed by atoms with E-state index in [1.807, 2.05) is 32.0 Å². The van der Waals surface area contributed by atoms with Crippen LogP contribution in [0.4, 0.5) is 15.0 Å². The number of morpholine rings is 1. The van der Waals surface area contributed by atoms with E-state index in [0.29, 0.717) is 48.9 Å². The number of anilines is 1. The number of carbonyl (C=O) groups excluding carboxylic acids is 1. The summed E-state index contributed by atoms with van der Waals surface area (Å²) in [4.78, 5) is 14.4. The van der Waals surface area contributed by atoms with Crippen molar-refractivity contribution in [3.8, 4) is 11.4 Å². The quantitative estimate of drug-likeness (QED) is 0.726. The maximum Gasteiger partial charge on any atom is 0.323 e. The van der Waals surface area contributed by atoms with Crippen molar-refractivity contribution in [2.24, 2.45) is 0 Å². The average Bonchev–Trinajstić information content (AvgIpc) is 3.08. The minimum atomic E-state index is -0.324. The monoisotopic (exact) mass is 398 g/mol. The molecule has 2 aromatic carbocycles. The zero-order valence-corrected chi connectivity index (χ0v) is 16.4. The Morgan fingerprint density at radius 1 is 1.17 bits per heavy atom. The van der Waals surface area contributed by atoms with Gasteiger partial charge in [-0.2, -0.15) is 0 Å². The molecule has 4 rings (SSSR count). The third kappa shape index (κ3) is 4.02. The van der Waals surface area contributed by atoms with Gasteiger partial charge in [0.25, 0.3) is 0 Å². The smallest absolute Gasteiger partial charge is 0.323 e. The second-order valence-electron chi connectivity index (χ2n) is 7.08. The number of urea groups is 1. The lowest BCUT2D eigenvalue weighted by atomic mass is 10.2. The molecule has 152 valence electrons. The Kier molecular flexibility index (Phi) is 5.35. The summed E-state index contributed by atoms with van der Waals surface area (Å²) in [5.74, 6) is 0.704. The summed E-state index contributed by atoms with van der Waals surface area (Å²) in [6.45, 7) is 5.96. The van der Waals surface area contributed by atoms with Crippen LogP contribution in [0.3, 0.4) is 0 Å². The lowest BCUT2D eigenvalue weighted by molar-refractivity contribution is 0.0564. The van der Waals surface area contributed by atoms with Crippen molar-refractivity contribution < 1.29 is 18.7 Å². The Bertz CT molecular complexity index is 1010. The number of nitrogens with zero attached hydrogens (tertiary/aromatic N) is 3. The minimum absolute atomic E-state index is 0.0439. The van der Waals surface area contributed by atoms with E-state index < -0.39 is 0 Å². The van der Waals surface area contributed by atoms with Gasteiger partial charge in [0, 0.05) is 13.1 Å². The maximum atomic E-state index is 13.4. The molecule has 1 aliphatic heterocycles. The number of rotatable bonds is 4. The fourth-order valence-corrected chi connectivity index (χ4v) is 3.30. The molecule has 0 unspecified atom stereocenters. The molecule has 2 amide bonds. The average molecular weight is 398 g/mol. The Hall–Kier alpha value is -3.13. The Balaban J connectivity index is 1.78. The number of hydrogen-bond acceptors (Lipinski definition) is 4. The zero-order valence-electron chi connectivity index (χ0n) is 16.4. The van der Waals surface area contributed by atoms with E-state index in [1.165, 1.54) is 12.1 Å². The number of carbonyl (C=O) groups is 1. The first kappa shape index (κ1) is 19.2. The van der Waals surface area contributed by atoms with E-state index in [-0.39, 0.29) is 18.0 Å². The third-order valence-corrected chi connectivity index (χ3v) is 4.63. The fraction of sp³-hybridized carbons (Fsp3) is 0.333. The van der Waals surface area contributed by atoms with Crippen molar-refractivity contribution in [2.75, 3.05) is 31.6 Å². The van der Waals surface area contributed by atoms with Crippen molar-refractivity contribution in [3.63, 3.8) is 0 Å². The molecule has 1 aliphatic rings. The molecule has 0 spiro atoms. The van der Waals surface area contributed by atoms with E-state index >= 15 is 0 Å². The largest absolute Gasteiger partial charge is 0.490 e. The van der Waals surface area contributed by atoms with Crippen LogP contribution in [0.5, 0.6) is 5.75 Å². The predicted octanol–water partition coefficient (Wildman–Crippen LogP) is 3.82. The molecule has 1 saturated heterocycles. The number of amides is 2. The van der Waals surface area contributed by atoms with Crippen molar-refractivity contribution >= 4 is 22.8 Å². The van der Waals surface area contributed by atoms with Gasteiger partial charge in [0.2, 0.25) is 0 Å². The number of halogens is 1. The van der Waals surface area contributed by atoms with Crippen LogP contribution in [-0.2, 0) is 4.74 Å². The topological polar surface area (TPSA) is 68.6 Å². The highest BCUT2D eigenvalue weighted by molar-refractivity contribution is 6.02. The first-order valence-electron chi connectivity index (χ1n) is 9.61. The highest BCUT2D eigenvalue weighted by Gasteiger charge is 2.22. The summed E-state index contributed by atoms with van der Waals surface area (Å²) in [7, 11) is 0. The van der Waals surface area contributed by atoms with Crippen LogP contribution in [-0.4, -0.2) is 53.1 Å². The number of hydrogen-bond donors (Lipinski definition) is 1. The van der Waals surface area contributed by atoms with E-state index in [9.17, 15) is 9.18 Å². The van der Waals surface area contributed by atoms with Gasteiger partial charge in [0.1, 0.15) is 11.6 Å². The molecule has 29 heavy (non-hydrogen) atoms. The molecule has 2 heterocycles. The van der Waals surface area contributed by atoms with E-state index in [0.717, 1.165) is 5.52 Å². The van der Waals surface area contributed by atoms with Crippen LogP contribution >= 0.6 is 0 Å². The molecule has 0 saturated carbocycles. The highest BCUT2D eigenvalue weighted by atomic mass is 19.1. The molecule has 0 bridgehead atoms. The normalized spacial score (nSPS) is 14.4. The second-order valence-corrected chi connectivity index (χ2v) is 7.08. The maximum absolute atomic E-state index is 13.4. The van der Waals surface area contributed by atoms with Crippen LogP contribution < -0.4 is 10.1 Å². The van der Waals surface area contributed by atoms with Gasteiger partial charge >= 0.3 is 6.03 Å². The molecule has 3 aromatic rings. The lowest BCUT2D eigenvalue weighted by Gasteiger charge is -2.26. The van der Waals surface area contributed by atoms with Crippen molar-refractivity contribution in [3.05, 3.63) is 48.3 Å². The summed E-state index contributed by atoms with van der Waals surface area (Å²) in [6, 6.07) is 11.4. The van der Waals surface area contributed by atoms with Gasteiger partial charge in [-0.25, -0.2) is 13.9 Å². The molecular formula is C21H23FN4O3. The fourth-order valence-electron chi connectivity index (χ4n) is 3.30. The molecule has 7 nitrogen and oxygen atoms in total. The van der Waals surface area contributed by atoms with Crippen LogP contribution in [0, 0.1) is 5.82 Å². The molecule has 1 fully saturated rings. The molecule has 0 atom stereocenters. The van der Waals surface area contributed by atoms with Gasteiger partial charge in [-0.3, -0.25) is 5.32 Å². The van der Waals surface area contributed by atoms with Crippen molar-refractivity contribution in [2.45, 2.75) is 20.0 Å². The number of benzene rings is 2. The Labute approximate surface area is 168 Å². The predicted molar refractivity (Wildman–Crippen MR) is 108 cm³/mol. The number of fused-ring (bicyclic) bond motifs is 1. The van der Waals surface area contributed by atoms with Gasteiger partial charge in [0.15, 0.2) is 5.82 Å². The lowest BCUT2D eigenvalue weighted by Crippen LogP contribution is -2.43. The van der Waals surface area contributed by atoms with Crippen LogP contribution in [0.15, 0.2) is 42.5 Å². The summed E-state index contributed by atoms with van der Waals surface area (Å²) >= 11 is 0. The van der Waals surface area contributed by atoms with E-state index in [4.69, 9.17) is 9.47 Å².